The first-order chi connectivity index (χ1) is 8.86. The van der Waals surface area contributed by atoms with Gasteiger partial charge >= 0.3 is 0 Å². The summed E-state index contributed by atoms with van der Waals surface area (Å²) in [5.74, 6) is 0. The van der Waals surface area contributed by atoms with Gasteiger partial charge in [-0.25, -0.2) is 8.93 Å². The Morgan fingerprint density at radius 2 is 2.00 bits per heavy atom. The molecule has 19 heavy (non-hydrogen) atoms. The fourth-order valence-corrected chi connectivity index (χ4v) is 2.58. The van der Waals surface area contributed by atoms with Gasteiger partial charge in [0, 0.05) is 17.8 Å². The third-order valence-corrected chi connectivity index (χ3v) is 4.85. The van der Waals surface area contributed by atoms with Gasteiger partial charge in [-0.1, -0.05) is 12.1 Å². The van der Waals surface area contributed by atoms with E-state index in [9.17, 15) is 4.21 Å². The van der Waals surface area contributed by atoms with Gasteiger partial charge in [0.05, 0.1) is 15.7 Å². The van der Waals surface area contributed by atoms with Crippen LogP contribution in [0.5, 0.6) is 0 Å². The van der Waals surface area contributed by atoms with Crippen molar-refractivity contribution in [2.45, 2.75) is 57.4 Å². The zero-order valence-electron chi connectivity index (χ0n) is 12.2. The van der Waals surface area contributed by atoms with E-state index in [4.69, 9.17) is 0 Å². The van der Waals surface area contributed by atoms with Gasteiger partial charge in [-0.2, -0.15) is 0 Å². The molecular weight excluding hydrogens is 256 g/mol. The lowest BCUT2D eigenvalue weighted by molar-refractivity contribution is 0.616. The molecule has 0 radical (unpaired) electrons. The molecule has 1 aromatic carbocycles. The van der Waals surface area contributed by atoms with Crippen molar-refractivity contribution in [3.8, 4) is 0 Å². The highest BCUT2D eigenvalue weighted by atomic mass is 32.2. The largest absolute Gasteiger partial charge is 0.382 e. The number of nitrogens with one attached hydrogen (secondary N) is 2. The molecule has 1 fully saturated rings. The first-order valence-corrected chi connectivity index (χ1v) is 8.06. The van der Waals surface area contributed by atoms with Gasteiger partial charge in [-0.3, -0.25) is 0 Å². The van der Waals surface area contributed by atoms with Gasteiger partial charge in [0.2, 0.25) is 0 Å². The molecule has 1 saturated carbocycles. The van der Waals surface area contributed by atoms with E-state index in [2.05, 4.69) is 41.2 Å². The van der Waals surface area contributed by atoms with Crippen LogP contribution in [0, 0.1) is 0 Å². The van der Waals surface area contributed by atoms with Crippen molar-refractivity contribution >= 4 is 16.7 Å². The van der Waals surface area contributed by atoms with E-state index >= 15 is 0 Å². The van der Waals surface area contributed by atoms with Crippen molar-refractivity contribution in [1.82, 2.24) is 4.72 Å². The van der Waals surface area contributed by atoms with Crippen LogP contribution in [0.2, 0.25) is 0 Å². The molecule has 0 aliphatic heterocycles. The Morgan fingerprint density at radius 3 is 2.58 bits per heavy atom. The summed E-state index contributed by atoms with van der Waals surface area (Å²) in [5, 5.41) is 3.49. The summed E-state index contributed by atoms with van der Waals surface area (Å²) in [6.45, 7) is 8.00. The molecule has 2 N–H and O–H groups in total. The number of rotatable bonds is 5. The summed E-state index contributed by atoms with van der Waals surface area (Å²) in [5.41, 5.74) is 2.33. The van der Waals surface area contributed by atoms with Gasteiger partial charge in [-0.15, -0.1) is 0 Å². The Bertz CT molecular complexity index is 463. The lowest BCUT2D eigenvalue weighted by atomic mass is 10.1. The normalized spacial score (nSPS) is 18.9. The van der Waals surface area contributed by atoms with Crippen LogP contribution in [-0.2, 0) is 11.0 Å². The minimum atomic E-state index is -1.04. The maximum absolute atomic E-state index is 12.1. The van der Waals surface area contributed by atoms with Crippen LogP contribution in [0.1, 0.15) is 52.1 Å². The Hall–Kier alpha value is -0.870. The molecule has 0 saturated heterocycles. The maximum Gasteiger partial charge on any atom is 0.0975 e. The number of hydrogen-bond acceptors (Lipinski definition) is 2. The molecule has 0 heterocycles. The fraction of sp³-hybridized carbons (Fsp3) is 0.600. The van der Waals surface area contributed by atoms with Gasteiger partial charge in [0.25, 0.3) is 0 Å². The summed E-state index contributed by atoms with van der Waals surface area (Å²) in [4.78, 5) is 0. The average Bonchev–Trinajstić information content (AvgIpc) is 3.12. The van der Waals surface area contributed by atoms with Crippen molar-refractivity contribution in [3.63, 3.8) is 0 Å². The Balaban J connectivity index is 2.01. The SMILES string of the molecule is C[C@@H](N[S@](=O)C(C)(C)C)c1cccc(NC2CC2)c1. The highest BCUT2D eigenvalue weighted by molar-refractivity contribution is 7.84. The molecule has 1 aliphatic carbocycles. The van der Waals surface area contributed by atoms with Crippen molar-refractivity contribution in [2.75, 3.05) is 5.32 Å². The van der Waals surface area contributed by atoms with E-state index < -0.39 is 11.0 Å². The summed E-state index contributed by atoms with van der Waals surface area (Å²) in [6.07, 6.45) is 2.54. The van der Waals surface area contributed by atoms with Crippen LogP contribution in [0.25, 0.3) is 0 Å². The Morgan fingerprint density at radius 1 is 1.32 bits per heavy atom. The maximum atomic E-state index is 12.1. The summed E-state index contributed by atoms with van der Waals surface area (Å²) >= 11 is 0. The van der Waals surface area contributed by atoms with E-state index in [1.165, 1.54) is 18.4 Å². The fourth-order valence-electron chi connectivity index (χ4n) is 1.77. The molecule has 1 aliphatic rings. The molecule has 3 nitrogen and oxygen atoms in total. The second-order valence-corrected chi connectivity index (χ2v) is 8.26. The smallest absolute Gasteiger partial charge is 0.0975 e. The third-order valence-electron chi connectivity index (χ3n) is 3.17. The minimum absolute atomic E-state index is 0.0843. The standard InChI is InChI=1S/C15H24N2OS/c1-11(17-19(18)15(2,3)4)12-6-5-7-14(10-12)16-13-8-9-13/h5-7,10-11,13,16-17H,8-9H2,1-4H3/t11-,19-/m1/s1. The number of anilines is 1. The van der Waals surface area contributed by atoms with Crippen molar-refractivity contribution < 1.29 is 4.21 Å². The van der Waals surface area contributed by atoms with Crippen LogP contribution >= 0.6 is 0 Å². The molecule has 2 rings (SSSR count). The van der Waals surface area contributed by atoms with E-state index in [1.807, 2.05) is 20.8 Å². The monoisotopic (exact) mass is 280 g/mol. The molecule has 1 aromatic rings. The van der Waals surface area contributed by atoms with Crippen LogP contribution in [0.4, 0.5) is 5.69 Å². The van der Waals surface area contributed by atoms with Crippen LogP contribution < -0.4 is 10.0 Å². The number of hydrogen-bond donors (Lipinski definition) is 2. The predicted octanol–water partition coefficient (Wildman–Crippen LogP) is 3.37. The Labute approximate surface area is 118 Å². The molecule has 2 atom stereocenters. The second kappa shape index (κ2) is 5.63. The highest BCUT2D eigenvalue weighted by Gasteiger charge is 2.23. The Kier molecular flexibility index (Phi) is 4.31. The first-order valence-electron chi connectivity index (χ1n) is 6.91. The molecule has 0 bridgehead atoms. The lowest BCUT2D eigenvalue weighted by Crippen LogP contribution is -2.34. The van der Waals surface area contributed by atoms with E-state index in [-0.39, 0.29) is 10.8 Å². The molecule has 0 unspecified atom stereocenters. The summed E-state index contributed by atoms with van der Waals surface area (Å²) < 4.78 is 15.0. The van der Waals surface area contributed by atoms with Crippen LogP contribution in [-0.4, -0.2) is 15.0 Å². The number of benzene rings is 1. The molecule has 0 aromatic heterocycles. The quantitative estimate of drug-likeness (QED) is 0.868. The van der Waals surface area contributed by atoms with Gasteiger partial charge < -0.3 is 5.32 Å². The van der Waals surface area contributed by atoms with E-state index in [0.717, 1.165) is 5.69 Å². The minimum Gasteiger partial charge on any atom is -0.382 e. The second-order valence-electron chi connectivity index (χ2n) is 6.26. The van der Waals surface area contributed by atoms with E-state index in [0.29, 0.717) is 6.04 Å². The molecular formula is C15H24N2OS. The van der Waals surface area contributed by atoms with Crippen molar-refractivity contribution in [1.29, 1.82) is 0 Å². The average molecular weight is 280 g/mol. The van der Waals surface area contributed by atoms with Crippen molar-refractivity contribution in [2.24, 2.45) is 0 Å². The molecule has 0 spiro atoms. The van der Waals surface area contributed by atoms with Crippen LogP contribution in [0.3, 0.4) is 0 Å². The zero-order chi connectivity index (χ0) is 14.0. The highest BCUT2D eigenvalue weighted by Crippen LogP contribution is 2.26. The first kappa shape index (κ1) is 14.5. The van der Waals surface area contributed by atoms with Gasteiger partial charge in [0.1, 0.15) is 0 Å². The topological polar surface area (TPSA) is 41.1 Å². The molecule has 106 valence electrons. The van der Waals surface area contributed by atoms with Gasteiger partial charge in [0.15, 0.2) is 0 Å². The van der Waals surface area contributed by atoms with Gasteiger partial charge in [-0.05, 0) is 58.2 Å². The van der Waals surface area contributed by atoms with E-state index in [1.54, 1.807) is 0 Å². The summed E-state index contributed by atoms with van der Waals surface area (Å²) in [7, 11) is -1.04. The molecule has 4 heteroatoms. The zero-order valence-corrected chi connectivity index (χ0v) is 13.0. The summed E-state index contributed by atoms with van der Waals surface area (Å²) in [6, 6.07) is 9.11. The molecule has 0 amide bonds. The lowest BCUT2D eigenvalue weighted by Gasteiger charge is -2.22. The van der Waals surface area contributed by atoms with Crippen molar-refractivity contribution in [3.05, 3.63) is 29.8 Å². The third kappa shape index (κ3) is 4.32. The predicted molar refractivity (Wildman–Crippen MR) is 82.5 cm³/mol. The van der Waals surface area contributed by atoms with Crippen LogP contribution in [0.15, 0.2) is 24.3 Å².